The minimum atomic E-state index is -3.71. The molecule has 4 rings (SSSR count). The Morgan fingerprint density at radius 2 is 1.97 bits per heavy atom. The minimum absolute atomic E-state index is 0.0989. The van der Waals surface area contributed by atoms with Crippen molar-refractivity contribution in [2.24, 2.45) is 0 Å². The number of benzene rings is 2. The molecule has 1 aliphatic carbocycles. The van der Waals surface area contributed by atoms with E-state index in [9.17, 15) is 13.5 Å². The summed E-state index contributed by atoms with van der Waals surface area (Å²) < 4.78 is 26.8. The van der Waals surface area contributed by atoms with Crippen LogP contribution in [0, 0.1) is 0 Å². The van der Waals surface area contributed by atoms with Gasteiger partial charge in [0.25, 0.3) is 5.95 Å². The molecule has 0 aliphatic heterocycles. The van der Waals surface area contributed by atoms with Crippen LogP contribution in [0.5, 0.6) is 0 Å². The van der Waals surface area contributed by atoms with Crippen LogP contribution >= 0.6 is 11.6 Å². The summed E-state index contributed by atoms with van der Waals surface area (Å²) in [7, 11) is 0.782. The van der Waals surface area contributed by atoms with Crippen molar-refractivity contribution in [1.29, 1.82) is 0 Å². The van der Waals surface area contributed by atoms with E-state index in [0.717, 1.165) is 35.7 Å². The number of hydrogen-bond donors (Lipinski definition) is 3. The van der Waals surface area contributed by atoms with Crippen molar-refractivity contribution < 1.29 is 18.4 Å². The number of para-hydroxylation sites is 1. The highest BCUT2D eigenvalue weighted by molar-refractivity contribution is 7.89. The molecule has 3 N–H and O–H groups in total. The molecule has 210 valence electrons. The normalized spacial score (nSPS) is 16.4. The van der Waals surface area contributed by atoms with Crippen LogP contribution in [-0.4, -0.2) is 67.7 Å². The van der Waals surface area contributed by atoms with Gasteiger partial charge in [0.15, 0.2) is 5.82 Å². The number of hydrogen-bond acceptors (Lipinski definition) is 9. The van der Waals surface area contributed by atoms with E-state index >= 15 is 0 Å². The van der Waals surface area contributed by atoms with Gasteiger partial charge in [-0.1, -0.05) is 29.8 Å². The lowest BCUT2D eigenvalue weighted by molar-refractivity contribution is 0.185. The van der Waals surface area contributed by atoms with E-state index in [0.29, 0.717) is 18.3 Å². The van der Waals surface area contributed by atoms with E-state index in [-0.39, 0.29) is 27.8 Å². The second-order valence-corrected chi connectivity index (χ2v) is 12.3. The summed E-state index contributed by atoms with van der Waals surface area (Å²) in [6.45, 7) is 2.36. The van der Waals surface area contributed by atoms with Crippen LogP contribution in [0.4, 0.5) is 23.1 Å². The molecular formula is C27H35ClN6O4S. The summed E-state index contributed by atoms with van der Waals surface area (Å²) >= 11 is 6.41. The third-order valence-corrected chi connectivity index (χ3v) is 8.74. The third-order valence-electron chi connectivity index (χ3n) is 6.59. The highest BCUT2D eigenvalue weighted by Crippen LogP contribution is 2.33. The number of halogens is 1. The molecule has 0 spiro atoms. The molecule has 1 heterocycles. The molecule has 0 radical (unpaired) electrons. The third kappa shape index (κ3) is 6.86. The van der Waals surface area contributed by atoms with E-state index in [1.165, 1.54) is 49.7 Å². The van der Waals surface area contributed by atoms with Gasteiger partial charge in [-0.05, 0) is 68.0 Å². The lowest BCUT2D eigenvalue weighted by Crippen LogP contribution is -2.35. The monoisotopic (exact) mass is 574 g/mol. The SMILES string of the molecule is CON(c1ccc2c(c1)CCCC(NC[C@H](C)O)C2)c1ncc(Cl)c(Nc2ccccc2S(=O)(=O)N(C)C)n1. The fraction of sp³-hybridized carbons (Fsp3) is 0.407. The smallest absolute Gasteiger partial charge is 0.256 e. The van der Waals surface area contributed by atoms with Gasteiger partial charge >= 0.3 is 0 Å². The average Bonchev–Trinajstić information content (AvgIpc) is 3.11. The topological polar surface area (TPSA) is 120 Å². The van der Waals surface area contributed by atoms with Crippen molar-refractivity contribution in [3.8, 4) is 0 Å². The Labute approximate surface area is 235 Å². The first-order valence-corrected chi connectivity index (χ1v) is 14.6. The molecule has 10 nitrogen and oxygen atoms in total. The highest BCUT2D eigenvalue weighted by Gasteiger charge is 2.23. The Bertz CT molecular complexity index is 1400. The molecule has 1 unspecified atom stereocenters. The van der Waals surface area contributed by atoms with Gasteiger partial charge in [-0.25, -0.2) is 17.7 Å². The number of sulfonamides is 1. The van der Waals surface area contributed by atoms with Crippen LogP contribution in [0.15, 0.2) is 53.6 Å². The van der Waals surface area contributed by atoms with Crippen molar-refractivity contribution in [1.82, 2.24) is 19.6 Å². The van der Waals surface area contributed by atoms with Gasteiger partial charge in [0.1, 0.15) is 9.92 Å². The molecule has 1 aromatic heterocycles. The summed E-state index contributed by atoms with van der Waals surface area (Å²) in [4.78, 5) is 14.7. The van der Waals surface area contributed by atoms with Crippen LogP contribution in [-0.2, 0) is 27.7 Å². The van der Waals surface area contributed by atoms with Gasteiger partial charge in [0.05, 0.1) is 30.8 Å². The van der Waals surface area contributed by atoms with E-state index in [2.05, 4.69) is 32.7 Å². The molecule has 1 aliphatic rings. The molecule has 0 fully saturated rings. The van der Waals surface area contributed by atoms with Crippen LogP contribution < -0.4 is 15.7 Å². The fourth-order valence-electron chi connectivity index (χ4n) is 4.55. The van der Waals surface area contributed by atoms with Crippen molar-refractivity contribution >= 4 is 44.8 Å². The molecule has 0 bridgehead atoms. The molecule has 3 aromatic rings. The summed E-state index contributed by atoms with van der Waals surface area (Å²) in [5.41, 5.74) is 3.58. The molecule has 12 heteroatoms. The maximum atomic E-state index is 12.8. The summed E-state index contributed by atoms with van der Waals surface area (Å²) in [6.07, 6.45) is 4.94. The summed E-state index contributed by atoms with van der Waals surface area (Å²) in [5.74, 6) is 0.481. The van der Waals surface area contributed by atoms with Gasteiger partial charge in [0, 0.05) is 26.7 Å². The summed E-state index contributed by atoms with van der Waals surface area (Å²) in [6, 6.07) is 13.0. The Balaban J connectivity index is 1.61. The van der Waals surface area contributed by atoms with Crippen molar-refractivity contribution in [3.05, 3.63) is 64.8 Å². The second kappa shape index (κ2) is 12.6. The number of aryl methyl sites for hydroxylation is 1. The average molecular weight is 575 g/mol. The Hall–Kier alpha value is -2.80. The quantitative estimate of drug-likeness (QED) is 0.243. The highest BCUT2D eigenvalue weighted by atomic mass is 35.5. The maximum absolute atomic E-state index is 12.8. The van der Waals surface area contributed by atoms with Gasteiger partial charge in [-0.15, -0.1) is 0 Å². The van der Waals surface area contributed by atoms with Crippen LogP contribution in [0.25, 0.3) is 0 Å². The predicted molar refractivity (Wildman–Crippen MR) is 153 cm³/mol. The Kier molecular flexibility index (Phi) is 9.42. The second-order valence-electron chi connectivity index (χ2n) is 9.76. The molecule has 2 atom stereocenters. The van der Waals surface area contributed by atoms with Gasteiger partial charge in [-0.3, -0.25) is 4.84 Å². The van der Waals surface area contributed by atoms with Gasteiger partial charge in [0.2, 0.25) is 10.0 Å². The van der Waals surface area contributed by atoms with Gasteiger partial charge in [-0.2, -0.15) is 10.0 Å². The first-order chi connectivity index (χ1) is 18.6. The number of anilines is 4. The standard InChI is InChI=1S/C27H35ClN6O4S/c1-18(35)16-29-21-9-7-8-19-15-22(13-12-20(19)14-21)34(38-4)27-30-17-23(28)26(32-27)31-24-10-5-6-11-25(24)39(36,37)33(2)3/h5-6,10-13,15,17-18,21,29,35H,7-9,14,16H2,1-4H3,(H,30,31,32)/t18-,21?/m0/s1. The van der Waals surface area contributed by atoms with E-state index in [1.807, 2.05) is 6.07 Å². The van der Waals surface area contributed by atoms with Crippen molar-refractivity contribution in [2.75, 3.05) is 38.1 Å². The molecule has 0 saturated heterocycles. The maximum Gasteiger partial charge on any atom is 0.256 e. The zero-order valence-corrected chi connectivity index (χ0v) is 24.1. The predicted octanol–water partition coefficient (Wildman–Crippen LogP) is 4.04. The zero-order chi connectivity index (χ0) is 28.2. The zero-order valence-electron chi connectivity index (χ0n) is 22.6. The number of aromatic nitrogens is 2. The van der Waals surface area contributed by atoms with E-state index < -0.39 is 10.0 Å². The van der Waals surface area contributed by atoms with Crippen LogP contribution in [0.1, 0.15) is 30.9 Å². The minimum Gasteiger partial charge on any atom is -0.392 e. The molecular weight excluding hydrogens is 540 g/mol. The molecule has 2 aromatic carbocycles. The number of nitrogens with zero attached hydrogens (tertiary/aromatic N) is 4. The van der Waals surface area contributed by atoms with Crippen LogP contribution in [0.3, 0.4) is 0 Å². The fourth-order valence-corrected chi connectivity index (χ4v) is 5.73. The molecule has 0 amide bonds. The van der Waals surface area contributed by atoms with Gasteiger partial charge < -0.3 is 15.7 Å². The lowest BCUT2D eigenvalue weighted by atomic mass is 10.0. The first kappa shape index (κ1) is 29.2. The number of aliphatic hydroxyl groups is 1. The van der Waals surface area contributed by atoms with Crippen molar-refractivity contribution in [3.63, 3.8) is 0 Å². The summed E-state index contributed by atoms with van der Waals surface area (Å²) in [5, 5.41) is 17.9. The van der Waals surface area contributed by atoms with Crippen LogP contribution in [0.2, 0.25) is 5.02 Å². The number of fused-ring (bicyclic) bond motifs is 1. The first-order valence-electron chi connectivity index (χ1n) is 12.8. The molecule has 0 saturated carbocycles. The van der Waals surface area contributed by atoms with E-state index in [4.69, 9.17) is 16.4 Å². The van der Waals surface area contributed by atoms with E-state index in [1.54, 1.807) is 25.1 Å². The number of rotatable bonds is 10. The Morgan fingerprint density at radius 3 is 2.69 bits per heavy atom. The molecule has 39 heavy (non-hydrogen) atoms. The van der Waals surface area contributed by atoms with Crippen molar-refractivity contribution in [2.45, 2.75) is 49.6 Å². The lowest BCUT2D eigenvalue weighted by Gasteiger charge is -2.22. The number of aliphatic hydroxyl groups excluding tert-OH is 1. The number of nitrogens with one attached hydrogen (secondary N) is 2. The largest absolute Gasteiger partial charge is 0.392 e. The Morgan fingerprint density at radius 1 is 1.21 bits per heavy atom.